The molecule has 0 radical (unpaired) electrons. The number of benzene rings is 4. The van der Waals surface area contributed by atoms with Crippen molar-refractivity contribution in [2.45, 2.75) is 25.6 Å². The van der Waals surface area contributed by atoms with Gasteiger partial charge in [0, 0.05) is 43.3 Å². The lowest BCUT2D eigenvalue weighted by Gasteiger charge is -2.43. The number of rotatable bonds is 7. The molecule has 0 aliphatic carbocycles. The summed E-state index contributed by atoms with van der Waals surface area (Å²) in [6, 6.07) is 32.3. The molecule has 2 atom stereocenters. The van der Waals surface area contributed by atoms with Gasteiger partial charge in [-0.15, -0.1) is 0 Å². The van der Waals surface area contributed by atoms with Crippen LogP contribution in [-0.4, -0.2) is 68.2 Å². The van der Waals surface area contributed by atoms with Gasteiger partial charge in [0.1, 0.15) is 18.8 Å². The van der Waals surface area contributed by atoms with Crippen LogP contribution >= 0.6 is 15.9 Å². The molecule has 3 heterocycles. The summed E-state index contributed by atoms with van der Waals surface area (Å²) in [5.41, 5.74) is 4.37. The van der Waals surface area contributed by atoms with E-state index in [2.05, 4.69) is 36.5 Å². The predicted octanol–water partition coefficient (Wildman–Crippen LogP) is 7.69. The fourth-order valence-electron chi connectivity index (χ4n) is 6.15. The first kappa shape index (κ1) is 31.2. The van der Waals surface area contributed by atoms with E-state index in [0.29, 0.717) is 25.5 Å². The predicted molar refractivity (Wildman–Crippen MR) is 191 cm³/mol. The molecule has 2 N–H and O–H groups in total. The summed E-state index contributed by atoms with van der Waals surface area (Å²) in [5.74, 6) is 0.619. The number of ether oxygens (including phenoxy) is 1. The van der Waals surface area contributed by atoms with Gasteiger partial charge in [0.2, 0.25) is 0 Å². The molecule has 0 saturated carbocycles. The molecule has 1 fully saturated rings. The summed E-state index contributed by atoms with van der Waals surface area (Å²) in [5, 5.41) is 8.62. The fraction of sp³-hybridized carbons (Fsp3) is 0.189. The number of anilines is 2. The van der Waals surface area contributed by atoms with Crippen molar-refractivity contribution in [3.8, 4) is 5.69 Å². The van der Waals surface area contributed by atoms with Gasteiger partial charge in [0.05, 0.1) is 32.9 Å². The number of hydrogen-bond donors (Lipinski definition) is 2. The maximum Gasteiger partial charge on any atom is 0.410 e. The third kappa shape index (κ3) is 6.54. The number of urea groups is 1. The number of para-hydroxylation sites is 2. The van der Waals surface area contributed by atoms with Crippen LogP contribution in [0.3, 0.4) is 0 Å². The Kier molecular flexibility index (Phi) is 8.93. The monoisotopic (exact) mass is 703 g/mol. The maximum atomic E-state index is 13.7. The van der Waals surface area contributed by atoms with Crippen molar-refractivity contribution in [3.05, 3.63) is 126 Å². The largest absolute Gasteiger partial charge is 0.445 e. The molecule has 6 aromatic rings. The van der Waals surface area contributed by atoms with Gasteiger partial charge < -0.3 is 20.3 Å². The van der Waals surface area contributed by atoms with E-state index in [4.69, 9.17) is 4.74 Å². The Labute approximate surface area is 286 Å². The number of fused-ring (bicyclic) bond motifs is 2. The molecule has 1 aliphatic heterocycles. The Morgan fingerprint density at radius 1 is 0.938 bits per heavy atom. The summed E-state index contributed by atoms with van der Waals surface area (Å²) in [6.45, 7) is 3.11. The minimum atomic E-state index is -0.430. The van der Waals surface area contributed by atoms with Crippen molar-refractivity contribution in [2.24, 2.45) is 0 Å². The third-order valence-corrected chi connectivity index (χ3v) is 9.29. The molecule has 4 aromatic carbocycles. The number of pyridine rings is 1. The van der Waals surface area contributed by atoms with Crippen molar-refractivity contribution < 1.29 is 14.3 Å². The average Bonchev–Trinajstić information content (AvgIpc) is 3.56. The van der Waals surface area contributed by atoms with Crippen molar-refractivity contribution in [3.63, 3.8) is 0 Å². The number of nitrogens with zero attached hydrogens (tertiary/aromatic N) is 5. The molecule has 0 spiro atoms. The first-order chi connectivity index (χ1) is 23.4. The van der Waals surface area contributed by atoms with Crippen molar-refractivity contribution >= 4 is 61.4 Å². The highest BCUT2D eigenvalue weighted by Crippen LogP contribution is 2.28. The first-order valence-corrected chi connectivity index (χ1v) is 16.6. The third-order valence-electron chi connectivity index (χ3n) is 8.68. The van der Waals surface area contributed by atoms with E-state index in [1.54, 1.807) is 22.3 Å². The minimum Gasteiger partial charge on any atom is -0.445 e. The molecule has 3 amide bonds. The second-order valence-corrected chi connectivity index (χ2v) is 12.6. The van der Waals surface area contributed by atoms with E-state index in [9.17, 15) is 9.59 Å². The second kappa shape index (κ2) is 13.7. The van der Waals surface area contributed by atoms with Crippen LogP contribution in [0.25, 0.3) is 27.5 Å². The van der Waals surface area contributed by atoms with Crippen molar-refractivity contribution in [1.29, 1.82) is 0 Å². The summed E-state index contributed by atoms with van der Waals surface area (Å²) in [4.78, 5) is 39.9. The van der Waals surface area contributed by atoms with Gasteiger partial charge in [-0.05, 0) is 52.0 Å². The van der Waals surface area contributed by atoms with Crippen LogP contribution in [0.2, 0.25) is 0 Å². The Balaban J connectivity index is 1.12. The molecule has 1 saturated heterocycles. The molecule has 0 bridgehead atoms. The van der Waals surface area contributed by atoms with Crippen LogP contribution in [-0.2, 0) is 11.3 Å². The molecule has 11 heteroatoms. The summed E-state index contributed by atoms with van der Waals surface area (Å²) in [7, 11) is 0. The van der Waals surface area contributed by atoms with E-state index in [1.807, 2.05) is 115 Å². The van der Waals surface area contributed by atoms with Gasteiger partial charge in [-0.3, -0.25) is 9.47 Å². The number of imidazole rings is 1. The topological polar surface area (TPSA) is 105 Å². The van der Waals surface area contributed by atoms with Gasteiger partial charge in [0.25, 0.3) is 0 Å². The summed E-state index contributed by atoms with van der Waals surface area (Å²) in [6.07, 6.45) is 3.10. The molecule has 10 nitrogen and oxygen atoms in total. The molecule has 242 valence electrons. The maximum absolute atomic E-state index is 13.7. The zero-order valence-corrected chi connectivity index (χ0v) is 27.9. The highest BCUT2D eigenvalue weighted by atomic mass is 79.9. The number of halogens is 1. The van der Waals surface area contributed by atoms with E-state index in [0.717, 1.165) is 43.2 Å². The smallest absolute Gasteiger partial charge is 0.410 e. The van der Waals surface area contributed by atoms with Crippen LogP contribution in [0.15, 0.2) is 120 Å². The van der Waals surface area contributed by atoms with Crippen LogP contribution in [0.5, 0.6) is 0 Å². The first-order valence-electron chi connectivity index (χ1n) is 15.8. The minimum absolute atomic E-state index is 0.159. The Bertz CT molecular complexity index is 2080. The van der Waals surface area contributed by atoms with Crippen LogP contribution < -0.4 is 10.6 Å². The van der Waals surface area contributed by atoms with E-state index in [-0.39, 0.29) is 18.7 Å². The lowest BCUT2D eigenvalue weighted by molar-refractivity contribution is 0.0485. The van der Waals surface area contributed by atoms with E-state index < -0.39 is 12.1 Å². The number of hydrogen-bond acceptors (Lipinski definition) is 6. The van der Waals surface area contributed by atoms with Crippen LogP contribution in [0.1, 0.15) is 12.5 Å². The van der Waals surface area contributed by atoms with Gasteiger partial charge in [-0.25, -0.2) is 19.6 Å². The van der Waals surface area contributed by atoms with Gasteiger partial charge in [-0.2, -0.15) is 0 Å². The molecule has 1 aliphatic rings. The average molecular weight is 705 g/mol. The highest BCUT2D eigenvalue weighted by molar-refractivity contribution is 9.10. The van der Waals surface area contributed by atoms with E-state index in [1.165, 1.54) is 0 Å². The molecular weight excluding hydrogens is 670 g/mol. The zero-order valence-electron chi connectivity index (χ0n) is 26.3. The van der Waals surface area contributed by atoms with Gasteiger partial charge in [0.15, 0.2) is 0 Å². The normalized spacial score (nSPS) is 15.3. The van der Waals surface area contributed by atoms with Crippen LogP contribution in [0.4, 0.5) is 21.1 Å². The molecule has 7 rings (SSSR count). The van der Waals surface area contributed by atoms with Gasteiger partial charge in [-0.1, -0.05) is 78.9 Å². The Morgan fingerprint density at radius 3 is 2.58 bits per heavy atom. The summed E-state index contributed by atoms with van der Waals surface area (Å²) < 4.78 is 8.58. The second-order valence-electron chi connectivity index (χ2n) is 11.8. The molecule has 48 heavy (non-hydrogen) atoms. The fourth-order valence-corrected chi connectivity index (χ4v) is 6.56. The SMILES string of the molecule is CC(Nc1cc(-n2cnc3ccccc32)c(Br)cn1)C1CN(C(=O)Nc2cccc3ccccc23)CCN1C(=O)OCc1ccccc1. The van der Waals surface area contributed by atoms with Gasteiger partial charge >= 0.3 is 12.1 Å². The van der Waals surface area contributed by atoms with E-state index >= 15 is 0 Å². The number of amides is 3. The standard InChI is InChI=1S/C37H34BrN7O3/c1-25(41-35-20-33(29(38)21-39-35)45-24-40-31-15-7-8-17-32(31)45)34-22-43(18-19-44(34)37(47)48-23-26-10-3-2-4-11-26)36(46)42-30-16-9-13-27-12-5-6-14-28(27)30/h2-17,20-21,24-25,34H,18-19,22-23H2,1H3,(H,39,41)(H,42,46). The number of carbonyl (C=O) groups is 2. The number of carbonyl (C=O) groups excluding carboxylic acids is 2. The molecule has 2 aromatic heterocycles. The lowest BCUT2D eigenvalue weighted by atomic mass is 10.0. The Hall–Kier alpha value is -5.42. The van der Waals surface area contributed by atoms with Crippen molar-refractivity contribution in [2.75, 3.05) is 30.3 Å². The van der Waals surface area contributed by atoms with Crippen LogP contribution in [0, 0.1) is 0 Å². The Morgan fingerprint density at radius 2 is 1.71 bits per heavy atom. The highest BCUT2D eigenvalue weighted by Gasteiger charge is 2.37. The number of piperazine rings is 1. The lowest BCUT2D eigenvalue weighted by Crippen LogP contribution is -2.61. The number of aromatic nitrogens is 3. The van der Waals surface area contributed by atoms with Crippen molar-refractivity contribution in [1.82, 2.24) is 24.3 Å². The molecule has 2 unspecified atom stereocenters. The quantitative estimate of drug-likeness (QED) is 0.177. The number of nitrogens with one attached hydrogen (secondary N) is 2. The molecular formula is C37H34BrN7O3. The summed E-state index contributed by atoms with van der Waals surface area (Å²) >= 11 is 3.65. The zero-order chi connectivity index (χ0) is 33.0.